The molecule has 0 radical (unpaired) electrons. The Morgan fingerprint density at radius 1 is 0.583 bits per heavy atom. The standard InChI is InChI=1S/C33H24F12N2O/c1-15-11-17(13-21(25(15)46)27(30(34,35)36)31(37,38)39)28(22-9-5-3-7-19(22)20-8-4-6-10-23(20)28)18-12-16(2)26(47)24(14-18)29(48,32(40,41)42)33(43,44)45/h3-14,27,48H,46-47H2,1-2H3. The summed E-state index contributed by atoms with van der Waals surface area (Å²) in [7, 11) is 0. The van der Waals surface area contributed by atoms with Crippen LogP contribution in [0.4, 0.5) is 64.1 Å². The van der Waals surface area contributed by atoms with Crippen LogP contribution in [-0.4, -0.2) is 29.8 Å². The van der Waals surface area contributed by atoms with Crippen molar-refractivity contribution in [3.63, 3.8) is 0 Å². The predicted molar refractivity (Wildman–Crippen MR) is 153 cm³/mol. The SMILES string of the molecule is Cc1cc(C2(c3cc(C)c(N)c(C(O)(C(F)(F)F)C(F)(F)F)c3)c3ccccc3-c3ccccc32)cc(C(C(F)(F)F)C(F)(F)F)c1N. The minimum absolute atomic E-state index is 0.106. The normalized spacial score (nSPS) is 15.1. The van der Waals surface area contributed by atoms with Crippen molar-refractivity contribution in [1.82, 2.24) is 0 Å². The van der Waals surface area contributed by atoms with Crippen LogP contribution in [0.2, 0.25) is 0 Å². The van der Waals surface area contributed by atoms with E-state index in [1.165, 1.54) is 36.4 Å². The van der Waals surface area contributed by atoms with E-state index in [-0.39, 0.29) is 22.3 Å². The number of rotatable bonds is 4. The molecule has 0 unspecified atom stereocenters. The van der Waals surface area contributed by atoms with Crippen LogP contribution < -0.4 is 11.5 Å². The first-order chi connectivity index (χ1) is 21.9. The van der Waals surface area contributed by atoms with Crippen LogP contribution in [0.15, 0.2) is 72.8 Å². The average Bonchev–Trinajstić information content (AvgIpc) is 3.25. The van der Waals surface area contributed by atoms with Gasteiger partial charge in [0.05, 0.1) is 5.41 Å². The predicted octanol–water partition coefficient (Wildman–Crippen LogP) is 9.35. The maximum atomic E-state index is 14.2. The lowest BCUT2D eigenvalue weighted by molar-refractivity contribution is -0.376. The number of anilines is 2. The molecule has 1 aliphatic carbocycles. The van der Waals surface area contributed by atoms with Crippen molar-refractivity contribution in [2.45, 2.75) is 55.5 Å². The number of aliphatic hydroxyl groups is 1. The topological polar surface area (TPSA) is 72.3 Å². The van der Waals surface area contributed by atoms with Crippen LogP contribution in [0.5, 0.6) is 0 Å². The Hall–Kier alpha value is -4.40. The molecular formula is C33H24F12N2O. The Morgan fingerprint density at radius 2 is 0.979 bits per heavy atom. The summed E-state index contributed by atoms with van der Waals surface area (Å²) in [6, 6.07) is 14.9. The Kier molecular flexibility index (Phi) is 7.86. The molecular weight excluding hydrogens is 668 g/mol. The molecule has 0 amide bonds. The molecule has 4 aromatic rings. The molecule has 5 rings (SSSR count). The van der Waals surface area contributed by atoms with E-state index in [4.69, 9.17) is 11.5 Å². The fourth-order valence-corrected chi connectivity index (χ4v) is 6.62. The van der Waals surface area contributed by atoms with Crippen LogP contribution in [0.3, 0.4) is 0 Å². The molecule has 0 fully saturated rings. The van der Waals surface area contributed by atoms with Gasteiger partial charge in [0, 0.05) is 16.9 Å². The number of nitrogens with two attached hydrogens (primary N) is 2. The Bertz CT molecular complexity index is 1830. The third-order valence-corrected chi connectivity index (χ3v) is 8.80. The lowest BCUT2D eigenvalue weighted by Gasteiger charge is -2.38. The smallest absolute Gasteiger partial charge is 0.398 e. The molecule has 0 atom stereocenters. The van der Waals surface area contributed by atoms with Crippen LogP contribution in [-0.2, 0) is 11.0 Å². The van der Waals surface area contributed by atoms with Gasteiger partial charge in [-0.1, -0.05) is 66.7 Å². The first-order valence-electron chi connectivity index (χ1n) is 13.9. The molecule has 1 aliphatic rings. The van der Waals surface area contributed by atoms with E-state index in [1.807, 2.05) is 0 Å². The van der Waals surface area contributed by atoms with E-state index < -0.39 is 75.3 Å². The van der Waals surface area contributed by atoms with Gasteiger partial charge in [-0.05, 0) is 70.0 Å². The summed E-state index contributed by atoms with van der Waals surface area (Å²) in [5.74, 6) is -4.10. The minimum atomic E-state index is -6.37. The van der Waals surface area contributed by atoms with Crippen molar-refractivity contribution in [1.29, 1.82) is 0 Å². The van der Waals surface area contributed by atoms with E-state index in [1.54, 1.807) is 12.1 Å². The number of aryl methyl sites for hydroxylation is 2. The Balaban J connectivity index is 2.03. The quantitative estimate of drug-likeness (QED) is 0.130. The van der Waals surface area contributed by atoms with Gasteiger partial charge in [0.2, 0.25) is 0 Å². The Labute approximate surface area is 264 Å². The molecule has 0 heterocycles. The Morgan fingerprint density at radius 3 is 1.40 bits per heavy atom. The second-order valence-corrected chi connectivity index (χ2v) is 11.6. The molecule has 0 aromatic heterocycles. The van der Waals surface area contributed by atoms with Gasteiger partial charge in [-0.3, -0.25) is 0 Å². The molecule has 256 valence electrons. The number of benzene rings is 4. The van der Waals surface area contributed by atoms with Crippen molar-refractivity contribution in [3.8, 4) is 11.1 Å². The monoisotopic (exact) mass is 692 g/mol. The van der Waals surface area contributed by atoms with Gasteiger partial charge in [0.1, 0.15) is 0 Å². The van der Waals surface area contributed by atoms with Gasteiger partial charge in [-0.2, -0.15) is 52.7 Å². The molecule has 5 N–H and O–H groups in total. The number of alkyl halides is 12. The summed E-state index contributed by atoms with van der Waals surface area (Å²) in [5, 5.41) is 10.5. The molecule has 3 nitrogen and oxygen atoms in total. The largest absolute Gasteiger partial charge is 0.430 e. The van der Waals surface area contributed by atoms with Gasteiger partial charge in [0.15, 0.2) is 5.92 Å². The molecule has 0 saturated carbocycles. The first kappa shape index (κ1) is 34.9. The van der Waals surface area contributed by atoms with Gasteiger partial charge in [-0.25, -0.2) is 0 Å². The summed E-state index contributed by atoms with van der Waals surface area (Å²) in [4.78, 5) is 0. The van der Waals surface area contributed by atoms with E-state index in [0.717, 1.165) is 26.0 Å². The highest BCUT2D eigenvalue weighted by Crippen LogP contribution is 2.60. The molecule has 0 spiro atoms. The zero-order valence-corrected chi connectivity index (χ0v) is 24.6. The van der Waals surface area contributed by atoms with Crippen LogP contribution in [0.1, 0.15) is 50.4 Å². The molecule has 15 heteroatoms. The third kappa shape index (κ3) is 4.96. The van der Waals surface area contributed by atoms with Gasteiger partial charge < -0.3 is 16.6 Å². The van der Waals surface area contributed by atoms with E-state index >= 15 is 0 Å². The van der Waals surface area contributed by atoms with E-state index in [2.05, 4.69) is 0 Å². The van der Waals surface area contributed by atoms with Crippen LogP contribution in [0, 0.1) is 13.8 Å². The highest BCUT2D eigenvalue weighted by Gasteiger charge is 2.72. The van der Waals surface area contributed by atoms with Crippen molar-refractivity contribution >= 4 is 11.4 Å². The van der Waals surface area contributed by atoms with Crippen LogP contribution in [0.25, 0.3) is 11.1 Å². The minimum Gasteiger partial charge on any atom is -0.398 e. The fraction of sp³-hybridized carbons (Fsp3) is 0.273. The fourth-order valence-electron chi connectivity index (χ4n) is 6.62. The first-order valence-corrected chi connectivity index (χ1v) is 13.9. The molecule has 0 aliphatic heterocycles. The van der Waals surface area contributed by atoms with Crippen molar-refractivity contribution in [2.24, 2.45) is 0 Å². The number of fused-ring (bicyclic) bond motifs is 3. The summed E-state index contributed by atoms with van der Waals surface area (Å²) < 4.78 is 170. The molecule has 48 heavy (non-hydrogen) atoms. The number of nitrogen functional groups attached to an aromatic ring is 2. The maximum Gasteiger partial charge on any atom is 0.430 e. The summed E-state index contributed by atoms with van der Waals surface area (Å²) in [6.07, 6.45) is -24.6. The van der Waals surface area contributed by atoms with E-state index in [9.17, 15) is 57.8 Å². The number of halogens is 12. The zero-order valence-electron chi connectivity index (χ0n) is 24.6. The molecule has 0 saturated heterocycles. The summed E-state index contributed by atoms with van der Waals surface area (Å²) >= 11 is 0. The van der Waals surface area contributed by atoms with Crippen molar-refractivity contribution < 1.29 is 57.8 Å². The summed E-state index contributed by atoms with van der Waals surface area (Å²) in [6.45, 7) is 2.18. The lowest BCUT2D eigenvalue weighted by atomic mass is 9.65. The van der Waals surface area contributed by atoms with Crippen molar-refractivity contribution in [2.75, 3.05) is 11.5 Å². The maximum absolute atomic E-state index is 14.2. The zero-order chi connectivity index (χ0) is 36.0. The lowest BCUT2D eigenvalue weighted by Crippen LogP contribution is -2.54. The average molecular weight is 693 g/mol. The van der Waals surface area contributed by atoms with Gasteiger partial charge in [-0.15, -0.1) is 0 Å². The number of hydrogen-bond acceptors (Lipinski definition) is 3. The highest BCUT2D eigenvalue weighted by atomic mass is 19.4. The van der Waals surface area contributed by atoms with Gasteiger partial charge in [0.25, 0.3) is 5.60 Å². The second-order valence-electron chi connectivity index (χ2n) is 11.6. The summed E-state index contributed by atoms with van der Waals surface area (Å²) in [5.41, 5.74) is -1.88. The third-order valence-electron chi connectivity index (χ3n) is 8.80. The van der Waals surface area contributed by atoms with Crippen LogP contribution >= 0.6 is 0 Å². The van der Waals surface area contributed by atoms with E-state index in [0.29, 0.717) is 23.3 Å². The number of hydrogen-bond donors (Lipinski definition) is 3. The highest BCUT2D eigenvalue weighted by molar-refractivity contribution is 5.87. The molecule has 4 aromatic carbocycles. The molecule has 0 bridgehead atoms. The van der Waals surface area contributed by atoms with Gasteiger partial charge >= 0.3 is 24.7 Å². The second kappa shape index (κ2) is 10.8. The van der Waals surface area contributed by atoms with Crippen molar-refractivity contribution in [3.05, 3.63) is 117 Å².